The van der Waals surface area contributed by atoms with E-state index in [-0.39, 0.29) is 27.0 Å². The number of imidazole rings is 1. The summed E-state index contributed by atoms with van der Waals surface area (Å²) in [6.45, 7) is 6.78. The van der Waals surface area contributed by atoms with Crippen LogP contribution in [0, 0.1) is 0 Å². The third kappa shape index (κ3) is 4.64. The van der Waals surface area contributed by atoms with Crippen molar-refractivity contribution >= 4 is 49.4 Å². The molecule has 0 amide bonds. The van der Waals surface area contributed by atoms with Crippen LogP contribution in [0.1, 0.15) is 24.5 Å². The quantitative estimate of drug-likeness (QED) is 0.409. The Kier molecular flexibility index (Phi) is 6.64. The lowest BCUT2D eigenvalue weighted by molar-refractivity contribution is -0.141. The molecular weight excluding hydrogens is 485 g/mol. The minimum absolute atomic E-state index is 0.0487. The molecule has 0 atom stereocenters. The fourth-order valence-electron chi connectivity index (χ4n) is 2.75. The number of pyridine rings is 1. The van der Waals surface area contributed by atoms with E-state index in [1.807, 2.05) is 0 Å². The molecule has 0 unspecified atom stereocenters. The smallest absolute Gasteiger partial charge is 0.325 e. The Balaban J connectivity index is 2.24. The zero-order chi connectivity index (χ0) is 23.8. The topological polar surface area (TPSA) is 77.7 Å². The first-order chi connectivity index (χ1) is 14.9. The molecule has 3 heterocycles. The Bertz CT molecular complexity index is 1370. The first-order valence-corrected chi connectivity index (χ1v) is 12.0. The first-order valence-electron chi connectivity index (χ1n) is 9.19. The second-order valence-corrected chi connectivity index (χ2v) is 10.3. The highest BCUT2D eigenvalue weighted by atomic mass is 35.5. The van der Waals surface area contributed by atoms with Crippen LogP contribution in [0.4, 0.5) is 13.2 Å². The molecule has 32 heavy (non-hydrogen) atoms. The van der Waals surface area contributed by atoms with Crippen molar-refractivity contribution in [1.82, 2.24) is 19.5 Å². The Morgan fingerprint density at radius 1 is 1.31 bits per heavy atom. The number of aryl methyl sites for hydroxylation is 1. The molecule has 3 aromatic heterocycles. The Hall–Kier alpha value is -2.50. The van der Waals surface area contributed by atoms with Gasteiger partial charge in [-0.15, -0.1) is 11.3 Å². The van der Waals surface area contributed by atoms with Gasteiger partial charge in [0, 0.05) is 12.1 Å². The highest BCUT2D eigenvalue weighted by molar-refractivity contribution is 7.91. The molecule has 0 aromatic carbocycles. The number of rotatable bonds is 6. The second kappa shape index (κ2) is 8.80. The lowest BCUT2D eigenvalue weighted by atomic mass is 10.3. The van der Waals surface area contributed by atoms with Crippen molar-refractivity contribution in [2.45, 2.75) is 25.0 Å². The van der Waals surface area contributed by atoms with Crippen LogP contribution in [0.15, 0.2) is 47.1 Å². The molecule has 0 fully saturated rings. The predicted molar refractivity (Wildman–Crippen MR) is 120 cm³/mol. The van der Waals surface area contributed by atoms with E-state index < -0.39 is 21.7 Å². The number of hydrogen-bond donors (Lipinski definition) is 0. The largest absolute Gasteiger partial charge is 0.433 e. The average molecular weight is 503 g/mol. The standard InChI is InChI=1S/C20H18ClF3N4O2S2/c1-5-12(21)8-7-11(3)18-27-19(32(29,30)6-2)16(31-18)17-26-13-9-15(20(22,23)24)25-10-14(13)28(17)4/h5,7-10H,1,6H2,2-4H3/b11-7+,12-8+. The minimum Gasteiger partial charge on any atom is -0.325 e. The van der Waals surface area contributed by atoms with Crippen LogP contribution in [0.25, 0.3) is 27.3 Å². The third-order valence-electron chi connectivity index (χ3n) is 4.56. The molecule has 0 radical (unpaired) electrons. The molecule has 0 aliphatic rings. The van der Waals surface area contributed by atoms with Crippen LogP contribution in [-0.2, 0) is 23.1 Å². The van der Waals surface area contributed by atoms with Crippen LogP contribution in [-0.4, -0.2) is 33.7 Å². The van der Waals surface area contributed by atoms with Crippen molar-refractivity contribution in [2.24, 2.45) is 7.05 Å². The maximum absolute atomic E-state index is 13.0. The van der Waals surface area contributed by atoms with Gasteiger partial charge in [0.2, 0.25) is 0 Å². The number of fused-ring (bicyclic) bond motifs is 1. The molecule has 0 aliphatic carbocycles. The van der Waals surface area contributed by atoms with Gasteiger partial charge in [0.1, 0.15) is 15.6 Å². The maximum atomic E-state index is 13.0. The summed E-state index contributed by atoms with van der Waals surface area (Å²) in [6, 6.07) is 0.835. The van der Waals surface area contributed by atoms with E-state index in [1.54, 1.807) is 26.1 Å². The van der Waals surface area contributed by atoms with E-state index >= 15 is 0 Å². The van der Waals surface area contributed by atoms with E-state index in [4.69, 9.17) is 11.6 Å². The number of alkyl halides is 3. The number of hydrogen-bond acceptors (Lipinski definition) is 6. The van der Waals surface area contributed by atoms with Gasteiger partial charge in [0.15, 0.2) is 20.7 Å². The van der Waals surface area contributed by atoms with Gasteiger partial charge >= 0.3 is 6.18 Å². The van der Waals surface area contributed by atoms with Crippen LogP contribution >= 0.6 is 22.9 Å². The first kappa shape index (κ1) is 24.1. The fourth-order valence-corrected chi connectivity index (χ4v) is 5.22. The molecule has 0 saturated carbocycles. The van der Waals surface area contributed by atoms with E-state index in [0.717, 1.165) is 23.6 Å². The summed E-state index contributed by atoms with van der Waals surface area (Å²) in [6.07, 6.45) is 1.16. The summed E-state index contributed by atoms with van der Waals surface area (Å²) >= 11 is 7.00. The van der Waals surface area contributed by atoms with Gasteiger partial charge in [0.25, 0.3) is 0 Å². The predicted octanol–water partition coefficient (Wildman–Crippen LogP) is 5.62. The molecule has 0 spiro atoms. The van der Waals surface area contributed by atoms with Gasteiger partial charge < -0.3 is 4.57 Å². The van der Waals surface area contributed by atoms with Gasteiger partial charge in [0.05, 0.1) is 23.0 Å². The highest BCUT2D eigenvalue weighted by Crippen LogP contribution is 2.38. The third-order valence-corrected chi connectivity index (χ3v) is 7.80. The summed E-state index contributed by atoms with van der Waals surface area (Å²) in [5.41, 5.74) is -0.0531. The summed E-state index contributed by atoms with van der Waals surface area (Å²) in [7, 11) is -2.17. The number of thiazole rings is 1. The van der Waals surface area contributed by atoms with Crippen LogP contribution in [0.5, 0.6) is 0 Å². The zero-order valence-corrected chi connectivity index (χ0v) is 19.6. The van der Waals surface area contributed by atoms with E-state index in [2.05, 4.69) is 21.5 Å². The summed E-state index contributed by atoms with van der Waals surface area (Å²) in [5.74, 6) is -0.0120. The van der Waals surface area contributed by atoms with Crippen LogP contribution in [0.2, 0.25) is 0 Å². The molecule has 3 rings (SSSR count). The number of halogens is 4. The maximum Gasteiger partial charge on any atom is 0.433 e. The number of allylic oxidation sites excluding steroid dienone is 5. The van der Waals surface area contributed by atoms with Crippen LogP contribution in [0.3, 0.4) is 0 Å². The number of sulfone groups is 1. The minimum atomic E-state index is -4.62. The van der Waals surface area contributed by atoms with E-state index in [0.29, 0.717) is 21.1 Å². The lowest BCUT2D eigenvalue weighted by Crippen LogP contribution is -2.07. The zero-order valence-electron chi connectivity index (χ0n) is 17.2. The molecule has 3 aromatic rings. The SMILES string of the molecule is C=C/C(Cl)=C\C=C(/C)c1nc(S(=O)(=O)CC)c(-c2nc3cc(C(F)(F)F)ncc3n2C)s1. The molecule has 0 aliphatic heterocycles. The summed E-state index contributed by atoms with van der Waals surface area (Å²) < 4.78 is 66.1. The van der Waals surface area contributed by atoms with E-state index in [1.165, 1.54) is 17.6 Å². The van der Waals surface area contributed by atoms with Gasteiger partial charge in [-0.2, -0.15) is 13.2 Å². The van der Waals surface area contributed by atoms with E-state index in [9.17, 15) is 21.6 Å². The van der Waals surface area contributed by atoms with Gasteiger partial charge in [-0.3, -0.25) is 0 Å². The van der Waals surface area contributed by atoms with Crippen molar-refractivity contribution in [1.29, 1.82) is 0 Å². The fraction of sp³-hybridized carbons (Fsp3) is 0.250. The summed E-state index contributed by atoms with van der Waals surface area (Å²) in [4.78, 5) is 12.3. The number of nitrogens with zero attached hydrogens (tertiary/aromatic N) is 4. The van der Waals surface area contributed by atoms with Crippen molar-refractivity contribution in [2.75, 3.05) is 5.75 Å². The molecule has 12 heteroatoms. The van der Waals surface area contributed by atoms with Crippen molar-refractivity contribution in [3.8, 4) is 10.7 Å². The van der Waals surface area contributed by atoms with Gasteiger partial charge in [-0.25, -0.2) is 23.4 Å². The Morgan fingerprint density at radius 3 is 2.59 bits per heavy atom. The summed E-state index contributed by atoms with van der Waals surface area (Å²) in [5, 5.41) is 0.637. The van der Waals surface area contributed by atoms with Gasteiger partial charge in [-0.1, -0.05) is 37.3 Å². The normalized spacial score (nSPS) is 13.7. The molecule has 170 valence electrons. The molecule has 0 bridgehead atoms. The lowest BCUT2D eigenvalue weighted by Gasteiger charge is -2.05. The second-order valence-electron chi connectivity index (χ2n) is 6.71. The molecule has 6 nitrogen and oxygen atoms in total. The molecular formula is C20H18ClF3N4O2S2. The highest BCUT2D eigenvalue weighted by Gasteiger charge is 2.33. The van der Waals surface area contributed by atoms with Crippen molar-refractivity contribution in [3.63, 3.8) is 0 Å². The Morgan fingerprint density at radius 2 is 2.00 bits per heavy atom. The molecule has 0 N–H and O–H groups in total. The average Bonchev–Trinajstić information content (AvgIpc) is 3.33. The number of aromatic nitrogens is 4. The molecule has 0 saturated heterocycles. The van der Waals surface area contributed by atoms with Crippen LogP contribution < -0.4 is 0 Å². The van der Waals surface area contributed by atoms with Crippen molar-refractivity contribution < 1.29 is 21.6 Å². The monoisotopic (exact) mass is 502 g/mol. The Labute approximate surface area is 191 Å². The van der Waals surface area contributed by atoms with Gasteiger partial charge in [-0.05, 0) is 24.6 Å². The van der Waals surface area contributed by atoms with Crippen molar-refractivity contribution in [3.05, 3.63) is 52.8 Å².